The highest BCUT2D eigenvalue weighted by Crippen LogP contribution is 2.39. The van der Waals surface area contributed by atoms with Gasteiger partial charge < -0.3 is 24.6 Å². The Bertz CT molecular complexity index is 1440. The standard InChI is InChI=1S/C30H30Cl2N2O6/c1-30(2,3)40-29(37)34-15-20-13-26-24(11-19(20)12-25(34)28(35)36)33-14-27(39-26)18-5-7-21(8-6-18)38-16-17-4-9-22(31)23(32)10-17/h4-11,13,25,27,33H,12,14-16H2,1-3H3,(H,35,36). The molecule has 0 radical (unpaired) electrons. The number of carboxylic acid groups (broad SMARTS) is 1. The maximum atomic E-state index is 12.8. The number of aliphatic carboxylic acids is 1. The fourth-order valence-corrected chi connectivity index (χ4v) is 5.06. The van der Waals surface area contributed by atoms with Crippen molar-refractivity contribution in [1.82, 2.24) is 4.90 Å². The summed E-state index contributed by atoms with van der Waals surface area (Å²) < 4.78 is 17.7. The van der Waals surface area contributed by atoms with Gasteiger partial charge in [0.1, 0.15) is 35.9 Å². The summed E-state index contributed by atoms with van der Waals surface area (Å²) in [5.41, 5.74) is 3.64. The summed E-state index contributed by atoms with van der Waals surface area (Å²) in [4.78, 5) is 26.1. The monoisotopic (exact) mass is 584 g/mol. The first-order chi connectivity index (χ1) is 19.0. The number of anilines is 1. The molecule has 0 saturated heterocycles. The molecule has 210 valence electrons. The number of ether oxygens (including phenoxy) is 3. The van der Waals surface area contributed by atoms with Crippen LogP contribution in [-0.4, -0.2) is 40.3 Å². The number of amides is 1. The van der Waals surface area contributed by atoms with Crippen molar-refractivity contribution in [2.24, 2.45) is 0 Å². The normalized spacial score (nSPS) is 18.1. The molecule has 0 bridgehead atoms. The fourth-order valence-electron chi connectivity index (χ4n) is 4.74. The molecule has 3 aromatic carbocycles. The van der Waals surface area contributed by atoms with Gasteiger partial charge in [0.15, 0.2) is 0 Å². The third-order valence-electron chi connectivity index (χ3n) is 6.73. The number of fused-ring (bicyclic) bond motifs is 2. The minimum absolute atomic E-state index is 0.118. The molecule has 0 aromatic heterocycles. The summed E-state index contributed by atoms with van der Waals surface area (Å²) in [6.45, 7) is 6.28. The van der Waals surface area contributed by atoms with Crippen LogP contribution in [0.5, 0.6) is 11.5 Å². The van der Waals surface area contributed by atoms with Crippen LogP contribution in [0.15, 0.2) is 54.6 Å². The van der Waals surface area contributed by atoms with Gasteiger partial charge in [-0.1, -0.05) is 41.4 Å². The van der Waals surface area contributed by atoms with E-state index in [9.17, 15) is 14.7 Å². The maximum absolute atomic E-state index is 12.8. The second-order valence-corrected chi connectivity index (χ2v) is 11.7. The smallest absolute Gasteiger partial charge is 0.411 e. The largest absolute Gasteiger partial charge is 0.489 e. The predicted octanol–water partition coefficient (Wildman–Crippen LogP) is 6.86. The van der Waals surface area contributed by atoms with Crippen molar-refractivity contribution in [1.29, 1.82) is 0 Å². The highest BCUT2D eigenvalue weighted by atomic mass is 35.5. The van der Waals surface area contributed by atoms with E-state index in [-0.39, 0.29) is 19.1 Å². The van der Waals surface area contributed by atoms with Crippen LogP contribution in [-0.2, 0) is 29.1 Å². The molecule has 8 nitrogen and oxygen atoms in total. The van der Waals surface area contributed by atoms with Crippen LogP contribution in [0.2, 0.25) is 10.0 Å². The van der Waals surface area contributed by atoms with Gasteiger partial charge in [-0.3, -0.25) is 4.90 Å². The molecule has 40 heavy (non-hydrogen) atoms. The van der Waals surface area contributed by atoms with E-state index < -0.39 is 23.7 Å². The number of hydrogen-bond acceptors (Lipinski definition) is 6. The number of carbonyl (C=O) groups excluding carboxylic acids is 1. The molecule has 5 rings (SSSR count). The quantitative estimate of drug-likeness (QED) is 0.338. The Hall–Kier alpha value is -3.62. The molecule has 0 spiro atoms. The van der Waals surface area contributed by atoms with Crippen LogP contribution < -0.4 is 14.8 Å². The summed E-state index contributed by atoms with van der Waals surface area (Å²) in [5.74, 6) is 0.291. The summed E-state index contributed by atoms with van der Waals surface area (Å²) in [7, 11) is 0. The minimum atomic E-state index is -1.07. The van der Waals surface area contributed by atoms with E-state index in [0.29, 0.717) is 34.7 Å². The number of carbonyl (C=O) groups is 2. The number of benzene rings is 3. The van der Waals surface area contributed by atoms with Crippen molar-refractivity contribution in [3.63, 3.8) is 0 Å². The first-order valence-corrected chi connectivity index (χ1v) is 13.7. The first-order valence-electron chi connectivity index (χ1n) is 12.9. The van der Waals surface area contributed by atoms with Crippen molar-refractivity contribution < 1.29 is 28.9 Å². The fraction of sp³-hybridized carbons (Fsp3) is 0.333. The zero-order chi connectivity index (χ0) is 28.6. The number of nitrogens with zero attached hydrogens (tertiary/aromatic N) is 1. The lowest BCUT2D eigenvalue weighted by Gasteiger charge is -2.37. The van der Waals surface area contributed by atoms with Gasteiger partial charge >= 0.3 is 12.1 Å². The molecule has 1 amide bonds. The summed E-state index contributed by atoms with van der Waals surface area (Å²) in [6, 6.07) is 15.9. The Kier molecular flexibility index (Phi) is 7.75. The highest BCUT2D eigenvalue weighted by molar-refractivity contribution is 6.42. The Morgan fingerprint density at radius 1 is 1.05 bits per heavy atom. The third kappa shape index (κ3) is 6.24. The highest BCUT2D eigenvalue weighted by Gasteiger charge is 2.38. The van der Waals surface area contributed by atoms with Crippen molar-refractivity contribution in [2.45, 2.75) is 58.1 Å². The van der Waals surface area contributed by atoms with Crippen LogP contribution in [0.3, 0.4) is 0 Å². The molecular weight excluding hydrogens is 555 g/mol. The molecule has 2 aliphatic heterocycles. The van der Waals surface area contributed by atoms with E-state index in [1.807, 2.05) is 42.5 Å². The second kappa shape index (κ2) is 11.1. The molecule has 10 heteroatoms. The Labute approximate surface area is 242 Å². The number of nitrogens with one attached hydrogen (secondary N) is 1. The summed E-state index contributed by atoms with van der Waals surface area (Å²) in [6.07, 6.45) is -0.708. The average Bonchev–Trinajstić information content (AvgIpc) is 2.90. The average molecular weight is 585 g/mol. The molecule has 0 saturated carbocycles. The SMILES string of the molecule is CC(C)(C)OC(=O)N1Cc2cc3c(cc2CC1C(=O)O)NCC(c1ccc(OCc2ccc(Cl)c(Cl)c2)cc1)O3. The molecule has 0 fully saturated rings. The lowest BCUT2D eigenvalue weighted by atomic mass is 9.92. The van der Waals surface area contributed by atoms with E-state index in [4.69, 9.17) is 37.4 Å². The summed E-state index contributed by atoms with van der Waals surface area (Å²) in [5, 5.41) is 14.2. The zero-order valence-corrected chi connectivity index (χ0v) is 23.9. The molecule has 0 aliphatic carbocycles. The van der Waals surface area contributed by atoms with Gasteiger partial charge in [0, 0.05) is 6.42 Å². The maximum Gasteiger partial charge on any atom is 0.411 e. The molecule has 2 heterocycles. The van der Waals surface area contributed by atoms with Crippen molar-refractivity contribution in [3.05, 3.63) is 86.9 Å². The van der Waals surface area contributed by atoms with Crippen molar-refractivity contribution in [2.75, 3.05) is 11.9 Å². The molecule has 2 atom stereocenters. The molecule has 3 aromatic rings. The topological polar surface area (TPSA) is 97.3 Å². The van der Waals surface area contributed by atoms with E-state index in [0.717, 1.165) is 27.9 Å². The first kappa shape index (κ1) is 27.9. The van der Waals surface area contributed by atoms with Crippen LogP contribution in [0.25, 0.3) is 0 Å². The molecule has 2 unspecified atom stereocenters. The third-order valence-corrected chi connectivity index (χ3v) is 7.47. The molecule has 2 N–H and O–H groups in total. The van der Waals surface area contributed by atoms with Gasteiger partial charge in [-0.2, -0.15) is 0 Å². The van der Waals surface area contributed by atoms with E-state index >= 15 is 0 Å². The lowest BCUT2D eigenvalue weighted by Crippen LogP contribution is -2.50. The predicted molar refractivity (Wildman–Crippen MR) is 152 cm³/mol. The van der Waals surface area contributed by atoms with Crippen molar-refractivity contribution in [3.8, 4) is 11.5 Å². The van der Waals surface area contributed by atoms with Gasteiger partial charge in [-0.25, -0.2) is 9.59 Å². The number of rotatable bonds is 5. The van der Waals surface area contributed by atoms with Gasteiger partial charge in [-0.15, -0.1) is 0 Å². The minimum Gasteiger partial charge on any atom is -0.489 e. The van der Waals surface area contributed by atoms with Gasteiger partial charge in [0.2, 0.25) is 0 Å². The van der Waals surface area contributed by atoms with E-state index in [2.05, 4.69) is 5.32 Å². The number of halogens is 2. The molecular formula is C30H30Cl2N2O6. The Morgan fingerprint density at radius 3 is 2.48 bits per heavy atom. The van der Waals surface area contributed by atoms with E-state index in [1.165, 1.54) is 4.90 Å². The Morgan fingerprint density at radius 2 is 1.80 bits per heavy atom. The van der Waals surface area contributed by atoms with E-state index in [1.54, 1.807) is 32.9 Å². The van der Waals surface area contributed by atoms with Crippen LogP contribution >= 0.6 is 23.2 Å². The van der Waals surface area contributed by atoms with Crippen molar-refractivity contribution >= 4 is 41.0 Å². The Balaban J connectivity index is 1.28. The lowest BCUT2D eigenvalue weighted by molar-refractivity contribution is -0.143. The number of carboxylic acids is 1. The van der Waals surface area contributed by atoms with Crippen LogP contribution in [0.1, 0.15) is 49.1 Å². The second-order valence-electron chi connectivity index (χ2n) is 10.9. The van der Waals surface area contributed by atoms with Gasteiger partial charge in [0.05, 0.1) is 28.8 Å². The molecule has 2 aliphatic rings. The zero-order valence-electron chi connectivity index (χ0n) is 22.4. The van der Waals surface area contributed by atoms with Crippen LogP contribution in [0, 0.1) is 0 Å². The van der Waals surface area contributed by atoms with Gasteiger partial charge in [0.25, 0.3) is 0 Å². The van der Waals surface area contributed by atoms with Gasteiger partial charge in [-0.05, 0) is 79.4 Å². The summed E-state index contributed by atoms with van der Waals surface area (Å²) >= 11 is 12.1. The number of hydrogen-bond donors (Lipinski definition) is 2. The van der Waals surface area contributed by atoms with Crippen LogP contribution in [0.4, 0.5) is 10.5 Å².